The molecule has 0 amide bonds. The summed E-state index contributed by atoms with van der Waals surface area (Å²) in [6.07, 6.45) is 4.05. The molecule has 1 N–H and O–H groups in total. The first-order chi connectivity index (χ1) is 8.24. The monoisotopic (exact) mass is 273 g/mol. The molecule has 2 unspecified atom stereocenters. The van der Waals surface area contributed by atoms with Gasteiger partial charge in [-0.15, -0.1) is 11.8 Å². The van der Waals surface area contributed by atoms with Gasteiger partial charge < -0.3 is 10.1 Å². The molecule has 0 aliphatic carbocycles. The Morgan fingerprint density at radius 1 is 1.53 bits per heavy atom. The van der Waals surface area contributed by atoms with E-state index in [9.17, 15) is 4.79 Å². The Bertz CT molecular complexity index is 330. The first kappa shape index (κ1) is 13.5. The van der Waals surface area contributed by atoms with Crippen LogP contribution in [-0.4, -0.2) is 37.2 Å². The lowest BCUT2D eigenvalue weighted by Gasteiger charge is -2.29. The van der Waals surface area contributed by atoms with E-state index in [1.807, 2.05) is 18.8 Å². The molecular formula is C12H19NO2S2. The van der Waals surface area contributed by atoms with Gasteiger partial charge in [0.2, 0.25) is 0 Å². The number of likely N-dealkylation sites (N-methyl/N-ethyl adjacent to an activating group) is 1. The maximum atomic E-state index is 11.5. The molecule has 2 aliphatic heterocycles. The number of carbonyl (C=O) groups is 1. The van der Waals surface area contributed by atoms with Crippen molar-refractivity contribution in [2.24, 2.45) is 0 Å². The van der Waals surface area contributed by atoms with Gasteiger partial charge in [0.15, 0.2) is 5.12 Å². The Morgan fingerprint density at radius 2 is 2.35 bits per heavy atom. The lowest BCUT2D eigenvalue weighted by Crippen LogP contribution is -2.33. The lowest BCUT2D eigenvalue weighted by atomic mass is 9.99. The third kappa shape index (κ3) is 3.28. The van der Waals surface area contributed by atoms with Gasteiger partial charge in [0.1, 0.15) is 0 Å². The number of ether oxygens (including phenoxy) is 1. The summed E-state index contributed by atoms with van der Waals surface area (Å²) in [7, 11) is 3.74. The molecule has 3 nitrogen and oxygen atoms in total. The number of nitrogens with one attached hydrogen (secondary N) is 1. The number of methoxy groups -OCH3 is 1. The number of rotatable bonds is 5. The predicted molar refractivity (Wildman–Crippen MR) is 74.2 cm³/mol. The van der Waals surface area contributed by atoms with Gasteiger partial charge in [-0.2, -0.15) is 0 Å². The SMILES string of the molecule is CNC1CC(CCCOC)SC2=C1CC(=O)S2. The van der Waals surface area contributed by atoms with Crippen molar-refractivity contribution in [1.82, 2.24) is 5.32 Å². The summed E-state index contributed by atoms with van der Waals surface area (Å²) < 4.78 is 6.36. The smallest absolute Gasteiger partial charge is 0.198 e. The van der Waals surface area contributed by atoms with Crippen molar-refractivity contribution in [1.29, 1.82) is 0 Å². The van der Waals surface area contributed by atoms with Crippen LogP contribution in [-0.2, 0) is 9.53 Å². The van der Waals surface area contributed by atoms with E-state index in [-0.39, 0.29) is 0 Å². The second-order valence-corrected chi connectivity index (χ2v) is 7.05. The summed E-state index contributed by atoms with van der Waals surface area (Å²) in [4.78, 5) is 11.5. The number of carbonyl (C=O) groups excluding carboxylic acids is 1. The van der Waals surface area contributed by atoms with Crippen molar-refractivity contribution in [3.63, 3.8) is 0 Å². The predicted octanol–water partition coefficient (Wildman–Crippen LogP) is 2.38. The van der Waals surface area contributed by atoms with Crippen LogP contribution < -0.4 is 5.32 Å². The number of thioether (sulfide) groups is 2. The van der Waals surface area contributed by atoms with Crippen LogP contribution in [0.4, 0.5) is 0 Å². The Labute approximate surface area is 111 Å². The highest BCUT2D eigenvalue weighted by molar-refractivity contribution is 8.30. The molecule has 0 spiro atoms. The van der Waals surface area contributed by atoms with Gasteiger partial charge in [-0.05, 0) is 43.6 Å². The van der Waals surface area contributed by atoms with E-state index in [1.54, 1.807) is 7.11 Å². The van der Waals surface area contributed by atoms with E-state index in [2.05, 4.69) is 5.32 Å². The molecule has 0 aromatic heterocycles. The molecule has 0 bridgehead atoms. The molecule has 0 aromatic carbocycles. The Hall–Kier alpha value is 0.0300. The minimum atomic E-state index is 0.306. The largest absolute Gasteiger partial charge is 0.385 e. The fraction of sp³-hybridized carbons (Fsp3) is 0.750. The highest BCUT2D eigenvalue weighted by atomic mass is 32.2. The van der Waals surface area contributed by atoms with Gasteiger partial charge in [0.05, 0.1) is 0 Å². The van der Waals surface area contributed by atoms with Crippen LogP contribution in [0.2, 0.25) is 0 Å². The van der Waals surface area contributed by atoms with Crippen molar-refractivity contribution in [3.8, 4) is 0 Å². The first-order valence-electron chi connectivity index (χ1n) is 6.01. The zero-order valence-corrected chi connectivity index (χ0v) is 12.0. The molecule has 17 heavy (non-hydrogen) atoms. The van der Waals surface area contributed by atoms with Gasteiger partial charge in [0, 0.05) is 35.7 Å². The molecule has 0 saturated heterocycles. The second kappa shape index (κ2) is 6.27. The molecule has 2 aliphatic rings. The number of hydrogen-bond donors (Lipinski definition) is 1. The quantitative estimate of drug-likeness (QED) is 0.779. The fourth-order valence-electron chi connectivity index (χ4n) is 2.33. The third-order valence-corrected chi connectivity index (χ3v) is 5.82. The normalized spacial score (nSPS) is 28.7. The Balaban J connectivity index is 1.95. The summed E-state index contributed by atoms with van der Waals surface area (Å²) in [5.74, 6) is 0. The molecule has 96 valence electrons. The van der Waals surface area contributed by atoms with Crippen molar-refractivity contribution < 1.29 is 9.53 Å². The molecule has 0 fully saturated rings. The van der Waals surface area contributed by atoms with E-state index in [0.29, 0.717) is 22.8 Å². The molecule has 5 heteroatoms. The van der Waals surface area contributed by atoms with Crippen LogP contribution in [0, 0.1) is 0 Å². The maximum absolute atomic E-state index is 11.5. The zero-order valence-electron chi connectivity index (χ0n) is 10.3. The summed E-state index contributed by atoms with van der Waals surface area (Å²) >= 11 is 3.35. The van der Waals surface area contributed by atoms with Gasteiger partial charge in [-0.1, -0.05) is 0 Å². The highest BCUT2D eigenvalue weighted by Gasteiger charge is 2.35. The van der Waals surface area contributed by atoms with Crippen molar-refractivity contribution in [2.45, 2.75) is 37.0 Å². The number of hydrogen-bond acceptors (Lipinski definition) is 5. The molecule has 0 radical (unpaired) electrons. The summed E-state index contributed by atoms with van der Waals surface area (Å²) in [5, 5.41) is 4.28. The van der Waals surface area contributed by atoms with Crippen LogP contribution in [0.3, 0.4) is 0 Å². The van der Waals surface area contributed by atoms with Gasteiger partial charge in [0.25, 0.3) is 0 Å². The van der Waals surface area contributed by atoms with E-state index in [1.165, 1.54) is 28.0 Å². The zero-order chi connectivity index (χ0) is 12.3. The van der Waals surface area contributed by atoms with Crippen molar-refractivity contribution >= 4 is 28.6 Å². The summed E-state index contributed by atoms with van der Waals surface area (Å²) in [5.41, 5.74) is 1.33. The third-order valence-electron chi connectivity index (χ3n) is 3.22. The van der Waals surface area contributed by atoms with E-state index in [0.717, 1.165) is 19.4 Å². The molecule has 2 atom stereocenters. The van der Waals surface area contributed by atoms with Crippen LogP contribution >= 0.6 is 23.5 Å². The topological polar surface area (TPSA) is 38.3 Å². The summed E-state index contributed by atoms with van der Waals surface area (Å²) in [6.45, 7) is 0.833. The van der Waals surface area contributed by atoms with E-state index < -0.39 is 0 Å². The van der Waals surface area contributed by atoms with Gasteiger partial charge in [-0.3, -0.25) is 4.79 Å². The Kier molecular flexibility index (Phi) is 4.97. The lowest BCUT2D eigenvalue weighted by molar-refractivity contribution is -0.110. The van der Waals surface area contributed by atoms with Crippen molar-refractivity contribution in [2.75, 3.05) is 20.8 Å². The standard InChI is InChI=1S/C12H19NO2S2/c1-13-10-6-8(4-3-5-15-2)16-12-9(10)7-11(14)17-12/h8,10,13H,3-7H2,1-2H3. The Morgan fingerprint density at radius 3 is 3.06 bits per heavy atom. The minimum Gasteiger partial charge on any atom is -0.385 e. The summed E-state index contributed by atoms with van der Waals surface area (Å²) in [6, 6.07) is 0.401. The molecular weight excluding hydrogens is 254 g/mol. The second-order valence-electron chi connectivity index (χ2n) is 4.42. The molecule has 0 aromatic rings. The van der Waals surface area contributed by atoms with E-state index >= 15 is 0 Å². The van der Waals surface area contributed by atoms with Crippen LogP contribution in [0.25, 0.3) is 0 Å². The van der Waals surface area contributed by atoms with Crippen LogP contribution in [0.1, 0.15) is 25.7 Å². The van der Waals surface area contributed by atoms with Crippen molar-refractivity contribution in [3.05, 3.63) is 9.81 Å². The average Bonchev–Trinajstić information content (AvgIpc) is 2.68. The average molecular weight is 273 g/mol. The molecule has 0 saturated carbocycles. The maximum Gasteiger partial charge on any atom is 0.198 e. The highest BCUT2D eigenvalue weighted by Crippen LogP contribution is 2.49. The first-order valence-corrected chi connectivity index (χ1v) is 7.70. The van der Waals surface area contributed by atoms with Crippen LogP contribution in [0.15, 0.2) is 9.81 Å². The molecule has 2 rings (SSSR count). The van der Waals surface area contributed by atoms with Crippen LogP contribution in [0.5, 0.6) is 0 Å². The van der Waals surface area contributed by atoms with E-state index in [4.69, 9.17) is 4.74 Å². The fourth-order valence-corrected chi connectivity index (χ4v) is 5.23. The van der Waals surface area contributed by atoms with Gasteiger partial charge in [-0.25, -0.2) is 0 Å². The van der Waals surface area contributed by atoms with Gasteiger partial charge >= 0.3 is 0 Å². The molecule has 2 heterocycles. The minimum absolute atomic E-state index is 0.306.